The molecular formula is C24H32FNO5. The van der Waals surface area contributed by atoms with Crippen molar-refractivity contribution in [1.82, 2.24) is 4.90 Å². The van der Waals surface area contributed by atoms with Gasteiger partial charge in [0.05, 0.1) is 19.3 Å². The molecule has 1 saturated heterocycles. The molecule has 1 aliphatic heterocycles. The van der Waals surface area contributed by atoms with E-state index in [1.54, 1.807) is 6.07 Å². The summed E-state index contributed by atoms with van der Waals surface area (Å²) < 4.78 is 29.7. The van der Waals surface area contributed by atoms with E-state index in [0.29, 0.717) is 23.7 Å². The summed E-state index contributed by atoms with van der Waals surface area (Å²) >= 11 is 0. The van der Waals surface area contributed by atoms with Gasteiger partial charge in [-0.25, -0.2) is 14.0 Å². The molecule has 0 aromatic heterocycles. The lowest BCUT2D eigenvalue weighted by atomic mass is 9.56. The van der Waals surface area contributed by atoms with Crippen LogP contribution < -0.4 is 4.74 Å². The highest BCUT2D eigenvalue weighted by Gasteiger charge is 2.47. The van der Waals surface area contributed by atoms with Crippen LogP contribution in [0.15, 0.2) is 18.2 Å². The maximum absolute atomic E-state index is 13.9. The number of halogens is 1. The van der Waals surface area contributed by atoms with Crippen LogP contribution in [0.3, 0.4) is 0 Å². The fraction of sp³-hybridized carbons (Fsp3) is 0.667. The highest BCUT2D eigenvalue weighted by Crippen LogP contribution is 2.54. The third-order valence-electron chi connectivity index (χ3n) is 7.18. The summed E-state index contributed by atoms with van der Waals surface area (Å²) in [7, 11) is 1.23. The zero-order valence-electron chi connectivity index (χ0n) is 18.5. The number of likely N-dealkylation sites (tertiary alicyclic amines) is 1. The molecule has 3 aliphatic rings. The Hall–Kier alpha value is -2.31. The number of nitrogens with zero attached hydrogens (tertiary/aromatic N) is 1. The van der Waals surface area contributed by atoms with Gasteiger partial charge in [-0.1, -0.05) is 0 Å². The van der Waals surface area contributed by atoms with Crippen LogP contribution in [0, 0.1) is 17.2 Å². The molecule has 3 fully saturated rings. The topological polar surface area (TPSA) is 65.1 Å². The van der Waals surface area contributed by atoms with Gasteiger partial charge in [0.15, 0.2) is 0 Å². The van der Waals surface area contributed by atoms with Gasteiger partial charge < -0.3 is 19.1 Å². The number of esters is 1. The molecule has 7 heteroatoms. The first-order valence-corrected chi connectivity index (χ1v) is 11.3. The Kier molecular flexibility index (Phi) is 6.13. The van der Waals surface area contributed by atoms with Gasteiger partial charge in [-0.15, -0.1) is 0 Å². The van der Waals surface area contributed by atoms with Crippen molar-refractivity contribution in [3.8, 4) is 5.75 Å². The SMILES string of the molecule is COC(=O)c1ccc(OCCCC2CC3(CCN(C(=O)OC4(C)CC4)CC3)C2)cc1F. The first kappa shape index (κ1) is 21.9. The number of carbonyl (C=O) groups is 2. The Morgan fingerprint density at radius 2 is 1.87 bits per heavy atom. The average Bonchev–Trinajstić information content (AvgIpc) is 3.46. The van der Waals surface area contributed by atoms with Crippen LogP contribution in [0.2, 0.25) is 0 Å². The molecule has 31 heavy (non-hydrogen) atoms. The van der Waals surface area contributed by atoms with Crippen LogP contribution >= 0.6 is 0 Å². The fourth-order valence-electron chi connectivity index (χ4n) is 4.92. The Morgan fingerprint density at radius 3 is 2.48 bits per heavy atom. The Bertz CT molecular complexity index is 821. The van der Waals surface area contributed by atoms with E-state index in [9.17, 15) is 14.0 Å². The number of hydrogen-bond donors (Lipinski definition) is 0. The number of carbonyl (C=O) groups excluding carboxylic acids is 2. The summed E-state index contributed by atoms with van der Waals surface area (Å²) in [5.74, 6) is -0.199. The summed E-state index contributed by atoms with van der Waals surface area (Å²) in [5, 5.41) is 0. The summed E-state index contributed by atoms with van der Waals surface area (Å²) in [6.07, 6.45) is 8.40. The van der Waals surface area contributed by atoms with Crippen molar-refractivity contribution in [2.75, 3.05) is 26.8 Å². The number of hydrogen-bond acceptors (Lipinski definition) is 5. The van der Waals surface area contributed by atoms with Crippen molar-refractivity contribution in [2.24, 2.45) is 11.3 Å². The number of rotatable bonds is 7. The van der Waals surface area contributed by atoms with E-state index in [1.165, 1.54) is 32.1 Å². The molecule has 0 N–H and O–H groups in total. The Morgan fingerprint density at radius 1 is 1.16 bits per heavy atom. The molecule has 170 valence electrons. The molecule has 1 spiro atoms. The molecule has 2 aliphatic carbocycles. The molecule has 0 unspecified atom stereocenters. The first-order valence-electron chi connectivity index (χ1n) is 11.3. The molecule has 4 rings (SSSR count). The minimum absolute atomic E-state index is 0.0873. The summed E-state index contributed by atoms with van der Waals surface area (Å²) in [6.45, 7) is 4.14. The summed E-state index contributed by atoms with van der Waals surface area (Å²) in [6, 6.07) is 4.21. The van der Waals surface area contributed by atoms with Gasteiger partial charge in [-0.2, -0.15) is 0 Å². The highest BCUT2D eigenvalue weighted by molar-refractivity contribution is 5.89. The third kappa shape index (κ3) is 5.13. The number of ether oxygens (including phenoxy) is 3. The van der Waals surface area contributed by atoms with Crippen LogP contribution in [0.1, 0.15) is 68.6 Å². The van der Waals surface area contributed by atoms with Crippen molar-refractivity contribution in [2.45, 2.75) is 63.9 Å². The molecule has 1 aromatic carbocycles. The maximum atomic E-state index is 13.9. The number of methoxy groups -OCH3 is 1. The highest BCUT2D eigenvalue weighted by atomic mass is 19.1. The second-order valence-electron chi connectivity index (χ2n) is 9.70. The molecule has 1 aromatic rings. The molecule has 0 radical (unpaired) electrons. The number of benzene rings is 1. The average molecular weight is 434 g/mol. The van der Waals surface area contributed by atoms with Gasteiger partial charge in [0.1, 0.15) is 17.2 Å². The van der Waals surface area contributed by atoms with Crippen LogP contribution in [-0.4, -0.2) is 49.4 Å². The monoisotopic (exact) mass is 433 g/mol. The second kappa shape index (κ2) is 8.67. The zero-order valence-corrected chi connectivity index (χ0v) is 18.5. The molecular weight excluding hydrogens is 401 g/mol. The largest absolute Gasteiger partial charge is 0.493 e. The van der Waals surface area contributed by atoms with Gasteiger partial charge in [0.2, 0.25) is 0 Å². The van der Waals surface area contributed by atoms with Gasteiger partial charge in [0, 0.05) is 19.2 Å². The fourth-order valence-corrected chi connectivity index (χ4v) is 4.92. The second-order valence-corrected chi connectivity index (χ2v) is 9.70. The van der Waals surface area contributed by atoms with Crippen molar-refractivity contribution in [1.29, 1.82) is 0 Å². The minimum Gasteiger partial charge on any atom is -0.493 e. The quantitative estimate of drug-likeness (QED) is 0.450. The van der Waals surface area contributed by atoms with Gasteiger partial charge in [-0.05, 0) is 81.8 Å². The molecule has 0 atom stereocenters. The molecule has 0 bridgehead atoms. The lowest BCUT2D eigenvalue weighted by molar-refractivity contribution is -0.0231. The lowest BCUT2D eigenvalue weighted by Gasteiger charge is -2.52. The molecule has 2 saturated carbocycles. The van der Waals surface area contributed by atoms with Crippen molar-refractivity contribution in [3.05, 3.63) is 29.6 Å². The van der Waals surface area contributed by atoms with E-state index in [1.807, 2.05) is 11.8 Å². The standard InChI is InChI=1S/C24H32FNO5/c1-23(7-8-23)31-22(28)26-11-9-24(10-12-26)15-17(16-24)4-3-13-30-18-5-6-19(20(25)14-18)21(27)29-2/h5-6,14,17H,3-4,7-13,15-16H2,1-2H3. The van der Waals surface area contributed by atoms with Crippen LogP contribution in [0.5, 0.6) is 5.75 Å². The van der Waals surface area contributed by atoms with Crippen LogP contribution in [0.4, 0.5) is 9.18 Å². The van der Waals surface area contributed by atoms with Crippen LogP contribution in [-0.2, 0) is 9.47 Å². The molecule has 6 nitrogen and oxygen atoms in total. The van der Waals surface area contributed by atoms with E-state index < -0.39 is 11.8 Å². The molecule has 1 heterocycles. The van der Waals surface area contributed by atoms with Crippen molar-refractivity contribution >= 4 is 12.1 Å². The number of piperidine rings is 1. The predicted molar refractivity (Wildman–Crippen MR) is 113 cm³/mol. The van der Waals surface area contributed by atoms with E-state index in [4.69, 9.17) is 9.47 Å². The minimum atomic E-state index is -0.692. The smallest absolute Gasteiger partial charge is 0.410 e. The van der Waals surface area contributed by atoms with Gasteiger partial charge >= 0.3 is 12.1 Å². The van der Waals surface area contributed by atoms with Crippen molar-refractivity contribution < 1.29 is 28.2 Å². The van der Waals surface area contributed by atoms with E-state index in [-0.39, 0.29) is 17.3 Å². The predicted octanol–water partition coefficient (Wildman–Crippen LogP) is 4.95. The van der Waals surface area contributed by atoms with E-state index >= 15 is 0 Å². The Balaban J connectivity index is 1.12. The normalized spacial score (nSPS) is 21.3. The summed E-state index contributed by atoms with van der Waals surface area (Å²) in [5.41, 5.74) is 0.111. The summed E-state index contributed by atoms with van der Waals surface area (Å²) in [4.78, 5) is 25.6. The molecule has 1 amide bonds. The van der Waals surface area contributed by atoms with Gasteiger partial charge in [0.25, 0.3) is 0 Å². The Labute approximate surface area is 183 Å². The lowest BCUT2D eigenvalue weighted by Crippen LogP contribution is -2.49. The number of amides is 1. The zero-order chi connectivity index (χ0) is 22.1. The van der Waals surface area contributed by atoms with E-state index in [0.717, 1.165) is 51.6 Å². The third-order valence-corrected chi connectivity index (χ3v) is 7.18. The van der Waals surface area contributed by atoms with Crippen LogP contribution in [0.25, 0.3) is 0 Å². The first-order chi connectivity index (χ1) is 14.8. The maximum Gasteiger partial charge on any atom is 0.410 e. The van der Waals surface area contributed by atoms with E-state index in [2.05, 4.69) is 4.74 Å². The van der Waals surface area contributed by atoms with Gasteiger partial charge in [-0.3, -0.25) is 0 Å². The van der Waals surface area contributed by atoms with Crippen molar-refractivity contribution in [3.63, 3.8) is 0 Å².